The number of carbonyl (C=O) groups excluding carboxylic acids is 1. The summed E-state index contributed by atoms with van der Waals surface area (Å²) in [6.45, 7) is 2.19. The average molecular weight is 375 g/mol. The maximum atomic E-state index is 12.6. The van der Waals surface area contributed by atoms with Crippen molar-refractivity contribution in [2.75, 3.05) is 14.2 Å². The largest absolute Gasteiger partial charge is 0.496 e. The van der Waals surface area contributed by atoms with Crippen LogP contribution in [0.4, 0.5) is 0 Å². The molecule has 2 aromatic heterocycles. The Hall–Kier alpha value is -3.08. The zero-order valence-electron chi connectivity index (χ0n) is 16.5. The quantitative estimate of drug-likeness (QED) is 0.863. The van der Waals surface area contributed by atoms with Crippen LogP contribution in [0.3, 0.4) is 0 Å². The molecule has 0 spiro atoms. The molecular weight excluding hydrogens is 350 g/mol. The van der Waals surface area contributed by atoms with Gasteiger partial charge in [0.15, 0.2) is 0 Å². The van der Waals surface area contributed by atoms with Crippen LogP contribution in [-0.2, 0) is 4.74 Å². The normalized spacial score (nSPS) is 19.1. The van der Waals surface area contributed by atoms with Crippen molar-refractivity contribution in [2.45, 2.75) is 26.2 Å². The first-order valence-electron chi connectivity index (χ1n) is 9.68. The van der Waals surface area contributed by atoms with E-state index in [0.717, 1.165) is 52.9 Å². The summed E-state index contributed by atoms with van der Waals surface area (Å²) in [7, 11) is 3.36. The van der Waals surface area contributed by atoms with E-state index in [1.807, 2.05) is 28.9 Å². The number of aromatic nitrogens is 2. The van der Waals surface area contributed by atoms with Crippen molar-refractivity contribution >= 4 is 22.6 Å². The number of pyridine rings is 1. The lowest BCUT2D eigenvalue weighted by Gasteiger charge is -2.19. The number of allylic oxidation sites excluding steroid dienone is 7. The summed E-state index contributed by atoms with van der Waals surface area (Å²) in [6.07, 6.45) is 15.2. The van der Waals surface area contributed by atoms with Crippen LogP contribution in [0.25, 0.3) is 16.7 Å². The summed E-state index contributed by atoms with van der Waals surface area (Å²) in [5.41, 5.74) is 5.53. The molecule has 1 amide bonds. The molecule has 4 rings (SSSR count). The van der Waals surface area contributed by atoms with Gasteiger partial charge in [-0.15, -0.1) is 0 Å². The highest BCUT2D eigenvalue weighted by Crippen LogP contribution is 2.33. The summed E-state index contributed by atoms with van der Waals surface area (Å²) in [4.78, 5) is 12.6. The third kappa shape index (κ3) is 3.17. The Morgan fingerprint density at radius 1 is 1.36 bits per heavy atom. The first kappa shape index (κ1) is 18.3. The zero-order chi connectivity index (χ0) is 19.7. The summed E-state index contributed by atoms with van der Waals surface area (Å²) >= 11 is 0. The molecule has 0 aromatic carbocycles. The lowest BCUT2D eigenvalue weighted by atomic mass is 9.90. The number of methoxy groups -OCH3 is 1. The predicted molar refractivity (Wildman–Crippen MR) is 112 cm³/mol. The molecule has 2 aromatic rings. The number of nitrogens with one attached hydrogen (secondary N) is 1. The van der Waals surface area contributed by atoms with Gasteiger partial charge >= 0.3 is 0 Å². The molecule has 1 unspecified atom stereocenters. The van der Waals surface area contributed by atoms with Crippen LogP contribution in [0, 0.1) is 5.92 Å². The first-order chi connectivity index (χ1) is 13.6. The maximum absolute atomic E-state index is 12.6. The van der Waals surface area contributed by atoms with Gasteiger partial charge in [0.05, 0.1) is 18.2 Å². The second-order valence-electron chi connectivity index (χ2n) is 7.30. The molecule has 0 bridgehead atoms. The monoisotopic (exact) mass is 375 g/mol. The standard InChI is InChI=1S/C23H25N3O2/c1-15-9-12-20(28-3)18(13-15)17-10-11-19-21(23(27)24-2)22(25-26(19)14-17)16-7-5-4-6-8-16/h4-5,7,9-12,14-15H,6,8,13H2,1-3H3,(H,24,27). The van der Waals surface area contributed by atoms with Crippen LogP contribution < -0.4 is 5.32 Å². The van der Waals surface area contributed by atoms with Gasteiger partial charge in [-0.25, -0.2) is 4.52 Å². The maximum Gasteiger partial charge on any atom is 0.255 e. The highest BCUT2D eigenvalue weighted by Gasteiger charge is 2.23. The molecule has 2 heterocycles. The van der Waals surface area contributed by atoms with Gasteiger partial charge in [0.1, 0.15) is 11.5 Å². The van der Waals surface area contributed by atoms with E-state index in [4.69, 9.17) is 9.84 Å². The van der Waals surface area contributed by atoms with Gasteiger partial charge in [-0.1, -0.05) is 37.3 Å². The molecule has 0 saturated heterocycles. The Bertz CT molecular complexity index is 1050. The van der Waals surface area contributed by atoms with E-state index in [0.29, 0.717) is 11.5 Å². The van der Waals surface area contributed by atoms with Crippen LogP contribution in [0.2, 0.25) is 0 Å². The minimum absolute atomic E-state index is 0.112. The van der Waals surface area contributed by atoms with E-state index in [-0.39, 0.29) is 5.91 Å². The number of fused-ring (bicyclic) bond motifs is 1. The van der Waals surface area contributed by atoms with Crippen molar-refractivity contribution in [2.24, 2.45) is 5.92 Å². The van der Waals surface area contributed by atoms with Crippen LogP contribution in [0.5, 0.6) is 0 Å². The van der Waals surface area contributed by atoms with Gasteiger partial charge in [-0.05, 0) is 48.5 Å². The third-order valence-electron chi connectivity index (χ3n) is 5.37. The van der Waals surface area contributed by atoms with Crippen LogP contribution in [0.15, 0.2) is 54.5 Å². The summed E-state index contributed by atoms with van der Waals surface area (Å²) in [5.74, 6) is 1.23. The Morgan fingerprint density at radius 2 is 2.21 bits per heavy atom. The zero-order valence-corrected chi connectivity index (χ0v) is 16.5. The number of hydrogen-bond acceptors (Lipinski definition) is 3. The van der Waals surface area contributed by atoms with E-state index >= 15 is 0 Å². The summed E-state index contributed by atoms with van der Waals surface area (Å²) in [5, 5.41) is 7.57. The molecule has 1 N–H and O–H groups in total. The number of amides is 1. The van der Waals surface area contributed by atoms with E-state index in [1.165, 1.54) is 0 Å². The second-order valence-corrected chi connectivity index (χ2v) is 7.30. The van der Waals surface area contributed by atoms with E-state index in [1.54, 1.807) is 14.2 Å². The Morgan fingerprint density at radius 3 is 2.93 bits per heavy atom. The smallest absolute Gasteiger partial charge is 0.255 e. The topological polar surface area (TPSA) is 55.6 Å². The fourth-order valence-electron chi connectivity index (χ4n) is 3.90. The molecule has 2 aliphatic carbocycles. The highest BCUT2D eigenvalue weighted by molar-refractivity contribution is 6.05. The Kier molecular flexibility index (Phi) is 4.90. The molecule has 5 heteroatoms. The fourth-order valence-corrected chi connectivity index (χ4v) is 3.90. The van der Waals surface area contributed by atoms with Crippen molar-refractivity contribution in [3.05, 3.63) is 71.3 Å². The Balaban J connectivity index is 1.88. The molecule has 2 aliphatic rings. The number of hydrogen-bond donors (Lipinski definition) is 1. The van der Waals surface area contributed by atoms with Gasteiger partial charge in [-0.3, -0.25) is 4.79 Å². The van der Waals surface area contributed by atoms with Crippen molar-refractivity contribution in [3.63, 3.8) is 0 Å². The number of carbonyl (C=O) groups is 1. The Labute approximate surface area is 165 Å². The molecule has 0 radical (unpaired) electrons. The van der Waals surface area contributed by atoms with Gasteiger partial charge in [-0.2, -0.15) is 5.10 Å². The fraction of sp³-hybridized carbons (Fsp3) is 0.304. The van der Waals surface area contributed by atoms with Crippen LogP contribution >= 0.6 is 0 Å². The number of rotatable bonds is 4. The summed E-state index contributed by atoms with van der Waals surface area (Å²) in [6, 6.07) is 4.04. The van der Waals surface area contributed by atoms with Gasteiger partial charge < -0.3 is 10.1 Å². The predicted octanol–water partition coefficient (Wildman–Crippen LogP) is 4.38. The molecular formula is C23H25N3O2. The molecule has 0 aliphatic heterocycles. The lowest BCUT2D eigenvalue weighted by molar-refractivity contribution is 0.0964. The SMILES string of the molecule is CNC(=O)c1c(C2=CC=CCC2)nn2cc(C3=C(OC)C=CC(C)C3)ccc12. The van der Waals surface area contributed by atoms with E-state index in [9.17, 15) is 4.79 Å². The molecule has 144 valence electrons. The van der Waals surface area contributed by atoms with Gasteiger partial charge in [0.2, 0.25) is 0 Å². The average Bonchev–Trinajstić information content (AvgIpc) is 3.12. The highest BCUT2D eigenvalue weighted by atomic mass is 16.5. The van der Waals surface area contributed by atoms with E-state index < -0.39 is 0 Å². The minimum atomic E-state index is -0.112. The number of nitrogens with zero attached hydrogens (tertiary/aromatic N) is 2. The van der Waals surface area contributed by atoms with Crippen molar-refractivity contribution in [1.29, 1.82) is 0 Å². The molecule has 28 heavy (non-hydrogen) atoms. The second kappa shape index (κ2) is 7.50. The van der Waals surface area contributed by atoms with E-state index in [2.05, 4.69) is 36.5 Å². The lowest BCUT2D eigenvalue weighted by Crippen LogP contribution is -2.19. The van der Waals surface area contributed by atoms with Gasteiger partial charge in [0.25, 0.3) is 5.91 Å². The minimum Gasteiger partial charge on any atom is -0.496 e. The first-order valence-corrected chi connectivity index (χ1v) is 9.68. The molecule has 1 atom stereocenters. The van der Waals surface area contributed by atoms with Crippen molar-refractivity contribution in [3.8, 4) is 0 Å². The van der Waals surface area contributed by atoms with Crippen LogP contribution in [0.1, 0.15) is 47.8 Å². The molecule has 0 fully saturated rings. The van der Waals surface area contributed by atoms with Crippen molar-refractivity contribution in [1.82, 2.24) is 14.9 Å². The molecule has 0 saturated carbocycles. The van der Waals surface area contributed by atoms with Crippen LogP contribution in [-0.4, -0.2) is 29.7 Å². The molecule has 5 nitrogen and oxygen atoms in total. The van der Waals surface area contributed by atoms with Gasteiger partial charge in [0, 0.05) is 18.8 Å². The number of ether oxygens (including phenoxy) is 1. The van der Waals surface area contributed by atoms with Crippen molar-refractivity contribution < 1.29 is 9.53 Å². The summed E-state index contributed by atoms with van der Waals surface area (Å²) < 4.78 is 7.41. The third-order valence-corrected chi connectivity index (χ3v) is 5.37.